The summed E-state index contributed by atoms with van der Waals surface area (Å²) in [5.41, 5.74) is 1.37. The van der Waals surface area contributed by atoms with Gasteiger partial charge in [0.25, 0.3) is 0 Å². The topological polar surface area (TPSA) is 28.1 Å². The summed E-state index contributed by atoms with van der Waals surface area (Å²) in [6, 6.07) is 10.7. The number of ether oxygens (including phenoxy) is 1. The van der Waals surface area contributed by atoms with Crippen molar-refractivity contribution in [2.75, 3.05) is 51.7 Å². The van der Waals surface area contributed by atoms with Crippen molar-refractivity contribution in [1.29, 1.82) is 0 Å². The van der Waals surface area contributed by atoms with Gasteiger partial charge >= 0.3 is 0 Å². The smallest absolute Gasteiger partial charge is 0.159 e. The summed E-state index contributed by atoms with van der Waals surface area (Å²) in [4.78, 5) is 9.72. The van der Waals surface area contributed by atoms with E-state index in [0.717, 1.165) is 64.7 Å². The molecule has 0 radical (unpaired) electrons. The van der Waals surface area contributed by atoms with E-state index in [4.69, 9.17) is 9.73 Å². The molecule has 0 amide bonds. The van der Waals surface area contributed by atoms with Gasteiger partial charge in [-0.1, -0.05) is 42.1 Å². The SMILES string of the molecule is c1ccc(CN2CCSC2=NCCCN2CCOCC2)cc1. The van der Waals surface area contributed by atoms with Gasteiger partial charge in [-0.2, -0.15) is 0 Å². The highest BCUT2D eigenvalue weighted by Gasteiger charge is 2.19. The first kappa shape index (κ1) is 15.8. The Hall–Kier alpha value is -1.04. The maximum absolute atomic E-state index is 5.38. The quantitative estimate of drug-likeness (QED) is 0.752. The fourth-order valence-corrected chi connectivity index (χ4v) is 3.84. The molecule has 2 aliphatic rings. The lowest BCUT2D eigenvalue weighted by molar-refractivity contribution is 0.0377. The van der Waals surface area contributed by atoms with Crippen LogP contribution in [-0.4, -0.2) is 66.7 Å². The van der Waals surface area contributed by atoms with E-state index in [2.05, 4.69) is 40.1 Å². The molecule has 0 aliphatic carbocycles. The van der Waals surface area contributed by atoms with Crippen LogP contribution in [0.5, 0.6) is 0 Å². The van der Waals surface area contributed by atoms with E-state index < -0.39 is 0 Å². The van der Waals surface area contributed by atoms with Crippen LogP contribution < -0.4 is 0 Å². The summed E-state index contributed by atoms with van der Waals surface area (Å²) in [5, 5.41) is 1.23. The van der Waals surface area contributed by atoms with Crippen molar-refractivity contribution >= 4 is 16.9 Å². The molecule has 2 fully saturated rings. The zero-order chi connectivity index (χ0) is 15.0. The fourth-order valence-electron chi connectivity index (χ4n) is 2.82. The largest absolute Gasteiger partial charge is 0.379 e. The number of hydrogen-bond acceptors (Lipinski definition) is 4. The number of benzene rings is 1. The molecule has 4 nitrogen and oxygen atoms in total. The lowest BCUT2D eigenvalue weighted by Gasteiger charge is -2.26. The Morgan fingerprint density at radius 3 is 2.73 bits per heavy atom. The lowest BCUT2D eigenvalue weighted by Crippen LogP contribution is -2.37. The van der Waals surface area contributed by atoms with Crippen LogP contribution in [0.3, 0.4) is 0 Å². The minimum atomic E-state index is 0.884. The van der Waals surface area contributed by atoms with E-state index in [0.29, 0.717) is 0 Å². The van der Waals surface area contributed by atoms with Crippen molar-refractivity contribution in [1.82, 2.24) is 9.80 Å². The number of aliphatic imine (C=N–C) groups is 1. The number of hydrogen-bond donors (Lipinski definition) is 0. The Morgan fingerprint density at radius 2 is 1.91 bits per heavy atom. The van der Waals surface area contributed by atoms with E-state index in [1.54, 1.807) is 0 Å². The van der Waals surface area contributed by atoms with E-state index in [9.17, 15) is 0 Å². The normalized spacial score (nSPS) is 21.6. The molecule has 1 aromatic carbocycles. The van der Waals surface area contributed by atoms with Gasteiger partial charge in [0.15, 0.2) is 5.17 Å². The second-order valence-corrected chi connectivity index (χ2v) is 6.79. The second-order valence-electron chi connectivity index (χ2n) is 5.73. The van der Waals surface area contributed by atoms with Crippen molar-refractivity contribution in [3.8, 4) is 0 Å². The summed E-state index contributed by atoms with van der Waals surface area (Å²) in [6.45, 7) is 8.09. The molecule has 2 heterocycles. The van der Waals surface area contributed by atoms with Crippen LogP contribution in [0.2, 0.25) is 0 Å². The van der Waals surface area contributed by atoms with Crippen LogP contribution >= 0.6 is 11.8 Å². The predicted octanol–water partition coefficient (Wildman–Crippen LogP) is 2.31. The monoisotopic (exact) mass is 319 g/mol. The third kappa shape index (κ3) is 4.73. The minimum Gasteiger partial charge on any atom is -0.379 e. The van der Waals surface area contributed by atoms with Gasteiger partial charge in [-0.15, -0.1) is 0 Å². The van der Waals surface area contributed by atoms with E-state index >= 15 is 0 Å². The number of morpholine rings is 1. The van der Waals surface area contributed by atoms with Gasteiger partial charge in [0.2, 0.25) is 0 Å². The summed E-state index contributed by atoms with van der Waals surface area (Å²) in [5.74, 6) is 1.16. The first-order chi connectivity index (χ1) is 10.9. The highest BCUT2D eigenvalue weighted by atomic mass is 32.2. The van der Waals surface area contributed by atoms with Crippen LogP contribution in [0.25, 0.3) is 0 Å². The number of nitrogens with zero attached hydrogens (tertiary/aromatic N) is 3. The van der Waals surface area contributed by atoms with E-state index in [-0.39, 0.29) is 0 Å². The lowest BCUT2D eigenvalue weighted by atomic mass is 10.2. The highest BCUT2D eigenvalue weighted by Crippen LogP contribution is 2.20. The van der Waals surface area contributed by atoms with Gasteiger partial charge in [0.1, 0.15) is 0 Å². The third-order valence-corrected chi connectivity index (χ3v) is 5.09. The van der Waals surface area contributed by atoms with Gasteiger partial charge in [-0.3, -0.25) is 9.89 Å². The molecule has 22 heavy (non-hydrogen) atoms. The maximum atomic E-state index is 5.38. The Bertz CT molecular complexity index is 474. The van der Waals surface area contributed by atoms with Crippen LogP contribution in [0.15, 0.2) is 35.3 Å². The Kier molecular flexibility index (Phi) is 6.16. The minimum absolute atomic E-state index is 0.884. The number of amidine groups is 1. The van der Waals surface area contributed by atoms with E-state index in [1.807, 2.05) is 11.8 Å². The molecular formula is C17H25N3OS. The predicted molar refractivity (Wildman–Crippen MR) is 93.5 cm³/mol. The molecule has 1 aromatic rings. The first-order valence-electron chi connectivity index (χ1n) is 8.18. The standard InChI is InChI=1S/C17H25N3OS/c1-2-5-16(6-3-1)15-20-11-14-22-17(20)18-7-4-8-19-9-12-21-13-10-19/h1-3,5-6H,4,7-15H2. The Labute approximate surface area is 137 Å². The van der Waals surface area contributed by atoms with E-state index in [1.165, 1.54) is 10.7 Å². The molecule has 0 unspecified atom stereocenters. The average molecular weight is 319 g/mol. The summed E-state index contributed by atoms with van der Waals surface area (Å²) < 4.78 is 5.38. The molecule has 0 spiro atoms. The summed E-state index contributed by atoms with van der Waals surface area (Å²) >= 11 is 1.90. The maximum Gasteiger partial charge on any atom is 0.159 e. The van der Waals surface area contributed by atoms with Gasteiger partial charge in [0.05, 0.1) is 13.2 Å². The molecule has 0 bridgehead atoms. The molecule has 3 rings (SSSR count). The molecule has 2 aliphatic heterocycles. The Morgan fingerprint density at radius 1 is 1.09 bits per heavy atom. The van der Waals surface area contributed by atoms with Crippen LogP contribution in [0, 0.1) is 0 Å². The number of thioether (sulfide) groups is 1. The van der Waals surface area contributed by atoms with Crippen LogP contribution in [0.4, 0.5) is 0 Å². The Balaban J connectivity index is 1.43. The molecule has 2 saturated heterocycles. The summed E-state index contributed by atoms with van der Waals surface area (Å²) in [6.07, 6.45) is 1.14. The number of rotatable bonds is 6. The van der Waals surface area contributed by atoms with Gasteiger partial charge < -0.3 is 9.64 Å². The average Bonchev–Trinajstić information content (AvgIpc) is 3.01. The molecule has 0 atom stereocenters. The van der Waals surface area contributed by atoms with Crippen molar-refractivity contribution in [2.45, 2.75) is 13.0 Å². The van der Waals surface area contributed by atoms with Crippen molar-refractivity contribution < 1.29 is 4.74 Å². The van der Waals surface area contributed by atoms with Crippen LogP contribution in [-0.2, 0) is 11.3 Å². The zero-order valence-electron chi connectivity index (χ0n) is 13.1. The van der Waals surface area contributed by atoms with Crippen molar-refractivity contribution in [2.24, 2.45) is 4.99 Å². The highest BCUT2D eigenvalue weighted by molar-refractivity contribution is 8.14. The van der Waals surface area contributed by atoms with Gasteiger partial charge in [-0.25, -0.2) is 0 Å². The van der Waals surface area contributed by atoms with Gasteiger partial charge in [-0.05, 0) is 12.0 Å². The molecule has 0 aromatic heterocycles. The summed E-state index contributed by atoms with van der Waals surface area (Å²) in [7, 11) is 0. The molecule has 5 heteroatoms. The van der Waals surface area contributed by atoms with Crippen molar-refractivity contribution in [3.63, 3.8) is 0 Å². The van der Waals surface area contributed by atoms with Crippen LogP contribution in [0.1, 0.15) is 12.0 Å². The first-order valence-corrected chi connectivity index (χ1v) is 9.16. The third-order valence-electron chi connectivity index (χ3n) is 4.06. The molecule has 0 saturated carbocycles. The second kappa shape index (κ2) is 8.56. The fraction of sp³-hybridized carbons (Fsp3) is 0.588. The van der Waals surface area contributed by atoms with Gasteiger partial charge in [0, 0.05) is 45.0 Å². The molecular weight excluding hydrogens is 294 g/mol. The molecule has 120 valence electrons. The molecule has 0 N–H and O–H groups in total. The zero-order valence-corrected chi connectivity index (χ0v) is 13.9. The van der Waals surface area contributed by atoms with Crippen molar-refractivity contribution in [3.05, 3.63) is 35.9 Å².